The van der Waals surface area contributed by atoms with Crippen molar-refractivity contribution in [3.63, 3.8) is 0 Å². The number of piperazine rings is 1. The summed E-state index contributed by atoms with van der Waals surface area (Å²) in [6, 6.07) is 13.6. The van der Waals surface area contributed by atoms with Gasteiger partial charge < -0.3 is 15.5 Å². The van der Waals surface area contributed by atoms with Crippen LogP contribution in [0.25, 0.3) is 0 Å². The lowest BCUT2D eigenvalue weighted by Gasteiger charge is -2.34. The zero-order chi connectivity index (χ0) is 20.6. The predicted octanol–water partition coefficient (Wildman–Crippen LogP) is 3.05. The number of amides is 2. The van der Waals surface area contributed by atoms with Crippen molar-refractivity contribution in [2.45, 2.75) is 20.0 Å². The van der Waals surface area contributed by atoms with Crippen LogP contribution in [0, 0.1) is 10.1 Å². The Kier molecular flexibility index (Phi) is 7.15. The van der Waals surface area contributed by atoms with Crippen LogP contribution in [0.3, 0.4) is 0 Å². The number of nitro benzene ring substituents is 1. The lowest BCUT2D eigenvalue weighted by molar-refractivity contribution is -0.384. The molecule has 2 aromatic rings. The van der Waals surface area contributed by atoms with Crippen molar-refractivity contribution in [2.75, 3.05) is 38.0 Å². The van der Waals surface area contributed by atoms with Crippen LogP contribution >= 0.6 is 0 Å². The molecule has 1 fully saturated rings. The lowest BCUT2D eigenvalue weighted by Crippen LogP contribution is -2.45. The van der Waals surface area contributed by atoms with Crippen LogP contribution in [0.4, 0.5) is 16.2 Å². The van der Waals surface area contributed by atoms with E-state index in [0.717, 1.165) is 44.8 Å². The van der Waals surface area contributed by atoms with Gasteiger partial charge in [-0.1, -0.05) is 31.2 Å². The Bertz CT molecular complexity index is 832. The van der Waals surface area contributed by atoms with Crippen LogP contribution < -0.4 is 10.6 Å². The second-order valence-corrected chi connectivity index (χ2v) is 7.09. The number of non-ortho nitro benzene ring substituents is 1. The molecule has 0 aromatic heterocycles. The third kappa shape index (κ3) is 6.00. The molecule has 0 bridgehead atoms. The maximum Gasteiger partial charge on any atom is 0.319 e. The molecule has 2 aromatic carbocycles. The van der Waals surface area contributed by atoms with Gasteiger partial charge in [-0.15, -0.1) is 0 Å². The van der Waals surface area contributed by atoms with E-state index in [4.69, 9.17) is 0 Å². The third-order valence-electron chi connectivity index (χ3n) is 5.20. The number of benzene rings is 2. The van der Waals surface area contributed by atoms with Gasteiger partial charge in [0.1, 0.15) is 0 Å². The topological polar surface area (TPSA) is 90.8 Å². The monoisotopic (exact) mass is 397 g/mol. The maximum absolute atomic E-state index is 12.2. The molecular weight excluding hydrogens is 370 g/mol. The highest BCUT2D eigenvalue weighted by atomic mass is 16.6. The van der Waals surface area contributed by atoms with Crippen molar-refractivity contribution in [1.82, 2.24) is 15.1 Å². The van der Waals surface area contributed by atoms with Crippen molar-refractivity contribution < 1.29 is 9.72 Å². The molecule has 0 spiro atoms. The van der Waals surface area contributed by atoms with Gasteiger partial charge in [-0.25, -0.2) is 4.79 Å². The number of nitrogens with zero attached hydrogens (tertiary/aromatic N) is 3. The number of nitrogens with one attached hydrogen (secondary N) is 2. The molecule has 8 nitrogen and oxygen atoms in total. The number of urea groups is 1. The smallest absolute Gasteiger partial charge is 0.319 e. The normalized spacial score (nSPS) is 15.1. The zero-order valence-electron chi connectivity index (χ0n) is 16.6. The van der Waals surface area contributed by atoms with E-state index in [1.165, 1.54) is 29.8 Å². The van der Waals surface area contributed by atoms with Crippen LogP contribution in [-0.4, -0.2) is 53.5 Å². The van der Waals surface area contributed by atoms with Crippen LogP contribution in [0.2, 0.25) is 0 Å². The van der Waals surface area contributed by atoms with Gasteiger partial charge in [-0.05, 0) is 29.8 Å². The summed E-state index contributed by atoms with van der Waals surface area (Å²) in [5.41, 5.74) is 2.80. The van der Waals surface area contributed by atoms with Crippen molar-refractivity contribution in [1.29, 1.82) is 0 Å². The highest BCUT2D eigenvalue weighted by Crippen LogP contribution is 2.16. The van der Waals surface area contributed by atoms with Gasteiger partial charge in [0.25, 0.3) is 5.69 Å². The van der Waals surface area contributed by atoms with Gasteiger partial charge in [-0.3, -0.25) is 15.0 Å². The van der Waals surface area contributed by atoms with E-state index in [-0.39, 0.29) is 11.7 Å². The fourth-order valence-corrected chi connectivity index (χ4v) is 3.41. The van der Waals surface area contributed by atoms with E-state index in [1.807, 2.05) is 18.2 Å². The highest BCUT2D eigenvalue weighted by molar-refractivity contribution is 5.89. The molecule has 8 heteroatoms. The third-order valence-corrected chi connectivity index (χ3v) is 5.20. The summed E-state index contributed by atoms with van der Waals surface area (Å²) in [6.07, 6.45) is 0. The maximum atomic E-state index is 12.2. The van der Waals surface area contributed by atoms with Crippen LogP contribution in [0.1, 0.15) is 18.1 Å². The average molecular weight is 397 g/mol. The quantitative estimate of drug-likeness (QED) is 0.554. The van der Waals surface area contributed by atoms with E-state index in [0.29, 0.717) is 12.2 Å². The van der Waals surface area contributed by atoms with Gasteiger partial charge in [0.15, 0.2) is 0 Å². The van der Waals surface area contributed by atoms with Crippen LogP contribution in [0.5, 0.6) is 0 Å². The number of carbonyl (C=O) groups excluding carboxylic acids is 1. The standard InChI is InChI=1S/C21H27N5O3/c1-2-24-11-13-25(14-12-24)16-18-6-4-3-5-17(18)15-22-21(27)23-19-7-9-20(10-8-19)26(28)29/h3-10H,2,11-16H2,1H3,(H2,22,23,27). The summed E-state index contributed by atoms with van der Waals surface area (Å²) in [4.78, 5) is 27.3. The highest BCUT2D eigenvalue weighted by Gasteiger charge is 2.16. The Hall–Kier alpha value is -2.97. The molecule has 0 saturated carbocycles. The first-order chi connectivity index (χ1) is 14.0. The average Bonchev–Trinajstić information content (AvgIpc) is 2.74. The minimum Gasteiger partial charge on any atom is -0.334 e. The number of nitro groups is 1. The fourth-order valence-electron chi connectivity index (χ4n) is 3.41. The molecule has 1 heterocycles. The largest absolute Gasteiger partial charge is 0.334 e. The summed E-state index contributed by atoms with van der Waals surface area (Å²) < 4.78 is 0. The van der Waals surface area contributed by atoms with Crippen molar-refractivity contribution in [3.8, 4) is 0 Å². The molecule has 2 N–H and O–H groups in total. The predicted molar refractivity (Wildman–Crippen MR) is 113 cm³/mol. The summed E-state index contributed by atoms with van der Waals surface area (Å²) in [5, 5.41) is 16.3. The Morgan fingerprint density at radius 3 is 2.24 bits per heavy atom. The molecule has 0 aliphatic carbocycles. The Balaban J connectivity index is 1.52. The minimum atomic E-state index is -0.469. The number of hydrogen-bond acceptors (Lipinski definition) is 5. The van der Waals surface area contributed by atoms with Gasteiger partial charge in [0.2, 0.25) is 0 Å². The van der Waals surface area contributed by atoms with E-state index in [9.17, 15) is 14.9 Å². The summed E-state index contributed by atoms with van der Waals surface area (Å²) in [6.45, 7) is 8.87. The molecule has 0 unspecified atom stereocenters. The lowest BCUT2D eigenvalue weighted by atomic mass is 10.1. The zero-order valence-corrected chi connectivity index (χ0v) is 16.6. The van der Waals surface area contributed by atoms with Crippen LogP contribution in [0.15, 0.2) is 48.5 Å². The Labute approximate surface area is 170 Å². The molecule has 1 aliphatic heterocycles. The molecule has 29 heavy (non-hydrogen) atoms. The van der Waals surface area contributed by atoms with Gasteiger partial charge in [-0.2, -0.15) is 0 Å². The first-order valence-electron chi connectivity index (χ1n) is 9.86. The Morgan fingerprint density at radius 2 is 1.62 bits per heavy atom. The van der Waals surface area contributed by atoms with E-state index in [1.54, 1.807) is 0 Å². The summed E-state index contributed by atoms with van der Waals surface area (Å²) >= 11 is 0. The molecule has 1 aliphatic rings. The SMILES string of the molecule is CCN1CCN(Cc2ccccc2CNC(=O)Nc2ccc([N+](=O)[O-])cc2)CC1. The summed E-state index contributed by atoms with van der Waals surface area (Å²) in [5.74, 6) is 0. The Morgan fingerprint density at radius 1 is 1.00 bits per heavy atom. The second-order valence-electron chi connectivity index (χ2n) is 7.09. The minimum absolute atomic E-state index is 0.00958. The molecular formula is C21H27N5O3. The number of carbonyl (C=O) groups is 1. The number of hydrogen-bond donors (Lipinski definition) is 2. The first kappa shape index (κ1) is 20.8. The molecule has 0 radical (unpaired) electrons. The van der Waals surface area contributed by atoms with Crippen LogP contribution in [-0.2, 0) is 13.1 Å². The molecule has 2 amide bonds. The van der Waals surface area contributed by atoms with E-state index < -0.39 is 4.92 Å². The summed E-state index contributed by atoms with van der Waals surface area (Å²) in [7, 11) is 0. The first-order valence-corrected chi connectivity index (χ1v) is 9.86. The number of anilines is 1. The van der Waals surface area contributed by atoms with Crippen molar-refractivity contribution in [2.24, 2.45) is 0 Å². The fraction of sp³-hybridized carbons (Fsp3) is 0.381. The molecule has 154 valence electrons. The van der Waals surface area contributed by atoms with E-state index >= 15 is 0 Å². The van der Waals surface area contributed by atoms with Gasteiger partial charge in [0.05, 0.1) is 4.92 Å². The second kappa shape index (κ2) is 9.99. The molecule has 0 atom stereocenters. The number of likely N-dealkylation sites (N-methyl/N-ethyl adjacent to an activating group) is 1. The molecule has 3 rings (SSSR count). The molecule has 1 saturated heterocycles. The van der Waals surface area contributed by atoms with Crippen molar-refractivity contribution in [3.05, 3.63) is 69.8 Å². The van der Waals surface area contributed by atoms with Gasteiger partial charge >= 0.3 is 6.03 Å². The number of rotatable bonds is 7. The van der Waals surface area contributed by atoms with E-state index in [2.05, 4.69) is 33.4 Å². The van der Waals surface area contributed by atoms with Crippen molar-refractivity contribution >= 4 is 17.4 Å². The van der Waals surface area contributed by atoms with Gasteiger partial charge in [0, 0.05) is 57.1 Å².